The molecule has 3 aromatic rings. The van der Waals surface area contributed by atoms with Crippen molar-refractivity contribution < 1.29 is 32.9 Å². The number of ether oxygens (including phenoxy) is 1. The van der Waals surface area contributed by atoms with Gasteiger partial charge in [0.2, 0.25) is 0 Å². The van der Waals surface area contributed by atoms with Crippen LogP contribution in [0.25, 0.3) is 10.9 Å². The highest BCUT2D eigenvalue weighted by molar-refractivity contribution is 5.94. The zero-order valence-electron chi connectivity index (χ0n) is 22.0. The summed E-state index contributed by atoms with van der Waals surface area (Å²) in [5.74, 6) is 0.0561. The maximum absolute atomic E-state index is 14.9. The number of alkyl halides is 2. The average Bonchev–Trinajstić information content (AvgIpc) is 3.38. The molecule has 8 nitrogen and oxygen atoms in total. The molecule has 39 heavy (non-hydrogen) atoms. The lowest BCUT2D eigenvalue weighted by Crippen LogP contribution is -2.48. The van der Waals surface area contributed by atoms with E-state index in [0.29, 0.717) is 46.9 Å². The SMILES string of the molecule is Cc1nc(N[C@H](C)c2cccc(C(F)F)c2F)c2cc(C3(O)CCN(C(=O)C(C)O)CC3)c3c(c2n1)CCO3. The maximum atomic E-state index is 14.9. The van der Waals surface area contributed by atoms with Crippen LogP contribution in [0.1, 0.15) is 67.2 Å². The quantitative estimate of drug-likeness (QED) is 0.424. The van der Waals surface area contributed by atoms with Gasteiger partial charge in [0.25, 0.3) is 12.3 Å². The lowest BCUT2D eigenvalue weighted by Gasteiger charge is -2.39. The summed E-state index contributed by atoms with van der Waals surface area (Å²) in [6.07, 6.45) is -3.01. The van der Waals surface area contributed by atoms with E-state index in [4.69, 9.17) is 4.74 Å². The van der Waals surface area contributed by atoms with Crippen molar-refractivity contribution in [3.63, 3.8) is 0 Å². The Kier molecular flexibility index (Phi) is 7.15. The maximum Gasteiger partial charge on any atom is 0.266 e. The van der Waals surface area contributed by atoms with Gasteiger partial charge in [0.15, 0.2) is 0 Å². The van der Waals surface area contributed by atoms with Gasteiger partial charge >= 0.3 is 0 Å². The number of aromatic nitrogens is 2. The fraction of sp³-hybridized carbons (Fsp3) is 0.464. The van der Waals surface area contributed by atoms with Crippen LogP contribution < -0.4 is 10.1 Å². The van der Waals surface area contributed by atoms with E-state index in [0.717, 1.165) is 11.6 Å². The number of hydrogen-bond donors (Lipinski definition) is 3. The highest BCUT2D eigenvalue weighted by atomic mass is 19.3. The first-order chi connectivity index (χ1) is 18.5. The summed E-state index contributed by atoms with van der Waals surface area (Å²) >= 11 is 0. The smallest absolute Gasteiger partial charge is 0.266 e. The number of rotatable bonds is 6. The molecule has 0 aliphatic carbocycles. The van der Waals surface area contributed by atoms with Gasteiger partial charge in [0.1, 0.15) is 29.3 Å². The molecule has 3 heterocycles. The van der Waals surface area contributed by atoms with Crippen LogP contribution in [0.4, 0.5) is 19.0 Å². The second-order valence-corrected chi connectivity index (χ2v) is 10.3. The van der Waals surface area contributed by atoms with Crippen molar-refractivity contribution in [2.24, 2.45) is 0 Å². The number of nitrogens with one attached hydrogen (secondary N) is 1. The molecule has 208 valence electrons. The van der Waals surface area contributed by atoms with E-state index in [-0.39, 0.29) is 37.4 Å². The topological polar surface area (TPSA) is 108 Å². The predicted molar refractivity (Wildman–Crippen MR) is 138 cm³/mol. The molecular weight excluding hydrogens is 513 g/mol. The number of amides is 1. The van der Waals surface area contributed by atoms with Crippen LogP contribution >= 0.6 is 0 Å². The van der Waals surface area contributed by atoms with Crippen molar-refractivity contribution in [2.75, 3.05) is 25.0 Å². The zero-order valence-corrected chi connectivity index (χ0v) is 22.0. The van der Waals surface area contributed by atoms with Crippen molar-refractivity contribution in [3.05, 3.63) is 58.2 Å². The largest absolute Gasteiger partial charge is 0.492 e. The molecular formula is C28H31F3N4O4. The van der Waals surface area contributed by atoms with Crippen LogP contribution in [0.2, 0.25) is 0 Å². The highest BCUT2D eigenvalue weighted by Crippen LogP contribution is 2.46. The number of anilines is 1. The number of fused-ring (bicyclic) bond motifs is 3. The molecule has 2 atom stereocenters. The molecule has 1 fully saturated rings. The number of aliphatic hydroxyl groups excluding tert-OH is 1. The van der Waals surface area contributed by atoms with Crippen LogP contribution in [0.5, 0.6) is 5.75 Å². The molecule has 1 aromatic heterocycles. The van der Waals surface area contributed by atoms with Gasteiger partial charge in [-0.25, -0.2) is 23.1 Å². The number of aliphatic hydroxyl groups is 2. The molecule has 0 spiro atoms. The third kappa shape index (κ3) is 4.89. The fourth-order valence-corrected chi connectivity index (χ4v) is 5.52. The number of hydrogen-bond acceptors (Lipinski definition) is 7. The zero-order chi connectivity index (χ0) is 28.1. The minimum atomic E-state index is -2.94. The predicted octanol–water partition coefficient (Wildman–Crippen LogP) is 4.31. The summed E-state index contributed by atoms with van der Waals surface area (Å²) in [7, 11) is 0. The number of benzene rings is 2. The van der Waals surface area contributed by atoms with Gasteiger partial charge in [-0.2, -0.15) is 0 Å². The van der Waals surface area contributed by atoms with E-state index < -0.39 is 35.6 Å². The molecule has 2 aromatic carbocycles. The van der Waals surface area contributed by atoms with Crippen molar-refractivity contribution in [2.45, 2.75) is 64.2 Å². The number of nitrogens with zero attached hydrogens (tertiary/aromatic N) is 3. The van der Waals surface area contributed by atoms with Crippen molar-refractivity contribution in [1.29, 1.82) is 0 Å². The number of carbonyl (C=O) groups excluding carboxylic acids is 1. The van der Waals surface area contributed by atoms with Crippen LogP contribution in [0.15, 0.2) is 24.3 Å². The van der Waals surface area contributed by atoms with E-state index in [9.17, 15) is 28.2 Å². The molecule has 2 aliphatic heterocycles. The first-order valence-corrected chi connectivity index (χ1v) is 13.0. The summed E-state index contributed by atoms with van der Waals surface area (Å²) in [6.45, 7) is 5.75. The van der Waals surface area contributed by atoms with Gasteiger partial charge in [-0.15, -0.1) is 0 Å². The van der Waals surface area contributed by atoms with E-state index in [1.54, 1.807) is 19.9 Å². The molecule has 1 unspecified atom stereocenters. The Morgan fingerprint density at radius 2 is 1.87 bits per heavy atom. The van der Waals surface area contributed by atoms with E-state index in [2.05, 4.69) is 15.3 Å². The monoisotopic (exact) mass is 544 g/mol. The molecule has 2 aliphatic rings. The second-order valence-electron chi connectivity index (χ2n) is 10.3. The van der Waals surface area contributed by atoms with Gasteiger partial charge in [-0.1, -0.05) is 18.2 Å². The number of carbonyl (C=O) groups is 1. The molecule has 5 rings (SSSR count). The van der Waals surface area contributed by atoms with Gasteiger partial charge in [-0.3, -0.25) is 4.79 Å². The summed E-state index contributed by atoms with van der Waals surface area (Å²) in [4.78, 5) is 23.0. The van der Waals surface area contributed by atoms with Gasteiger partial charge in [-0.05, 0) is 39.7 Å². The standard InChI is InChI=1S/C28H31F3N4O4/c1-14(17-5-4-6-18(22(17)29)25(30)31)32-26-20-13-21(24-19(7-12-39-24)23(20)33-16(3)34-26)28(38)8-10-35(11-9-28)27(37)15(2)36/h4-6,13-15,25,36,38H,7-12H2,1-3H3,(H,32,33,34)/t14-,15?/m1/s1. The second kappa shape index (κ2) is 10.3. The Balaban J connectivity index is 1.55. The third-order valence-electron chi connectivity index (χ3n) is 7.62. The van der Waals surface area contributed by atoms with Gasteiger partial charge in [0.05, 0.1) is 29.3 Å². The first kappa shape index (κ1) is 27.1. The summed E-state index contributed by atoms with van der Waals surface area (Å²) in [5.41, 5.74) is 0.135. The Bertz CT molecular complexity index is 1420. The molecule has 1 saturated heterocycles. The molecule has 11 heteroatoms. The lowest BCUT2D eigenvalue weighted by atomic mass is 9.82. The lowest BCUT2D eigenvalue weighted by molar-refractivity contribution is -0.143. The first-order valence-electron chi connectivity index (χ1n) is 13.0. The number of aryl methyl sites for hydroxylation is 1. The Hall–Kier alpha value is -3.44. The molecule has 0 bridgehead atoms. The van der Waals surface area contributed by atoms with Crippen LogP contribution in [-0.4, -0.2) is 56.8 Å². The van der Waals surface area contributed by atoms with Crippen LogP contribution in [0, 0.1) is 12.7 Å². The van der Waals surface area contributed by atoms with E-state index >= 15 is 0 Å². The van der Waals surface area contributed by atoms with Crippen molar-refractivity contribution in [1.82, 2.24) is 14.9 Å². The highest BCUT2D eigenvalue weighted by Gasteiger charge is 2.40. The minimum Gasteiger partial charge on any atom is -0.492 e. The van der Waals surface area contributed by atoms with Crippen molar-refractivity contribution in [3.8, 4) is 5.75 Å². The van der Waals surface area contributed by atoms with E-state index in [1.165, 1.54) is 24.0 Å². The van der Waals surface area contributed by atoms with Crippen LogP contribution in [-0.2, 0) is 16.8 Å². The molecule has 0 saturated carbocycles. The summed E-state index contributed by atoms with van der Waals surface area (Å²) in [5, 5.41) is 25.2. The summed E-state index contributed by atoms with van der Waals surface area (Å²) < 4.78 is 47.5. The normalized spacial score (nSPS) is 18.1. The Labute approximate surface area is 223 Å². The average molecular weight is 545 g/mol. The number of halogens is 3. The van der Waals surface area contributed by atoms with Gasteiger partial charge in [0, 0.05) is 41.6 Å². The number of likely N-dealkylation sites (tertiary alicyclic amines) is 1. The fourth-order valence-electron chi connectivity index (χ4n) is 5.52. The number of piperidine rings is 1. The van der Waals surface area contributed by atoms with Crippen LogP contribution in [0.3, 0.4) is 0 Å². The molecule has 3 N–H and O–H groups in total. The Morgan fingerprint density at radius 1 is 1.18 bits per heavy atom. The summed E-state index contributed by atoms with van der Waals surface area (Å²) in [6, 6.07) is 4.99. The minimum absolute atomic E-state index is 0.0794. The molecule has 1 amide bonds. The Morgan fingerprint density at radius 3 is 2.54 bits per heavy atom. The van der Waals surface area contributed by atoms with E-state index in [1.807, 2.05) is 0 Å². The van der Waals surface area contributed by atoms with Gasteiger partial charge < -0.3 is 25.2 Å². The van der Waals surface area contributed by atoms with Crippen molar-refractivity contribution >= 4 is 22.6 Å². The molecule has 0 radical (unpaired) electrons. The third-order valence-corrected chi connectivity index (χ3v) is 7.62.